The summed E-state index contributed by atoms with van der Waals surface area (Å²) >= 11 is 0. The molecule has 0 spiro atoms. The van der Waals surface area contributed by atoms with Crippen molar-refractivity contribution in [2.45, 2.75) is 18.9 Å². The van der Waals surface area contributed by atoms with Gasteiger partial charge in [0.25, 0.3) is 5.56 Å². The molecule has 1 aliphatic rings. The number of nitrogens with one attached hydrogen (secondary N) is 1. The molecule has 126 valence electrons. The van der Waals surface area contributed by atoms with Gasteiger partial charge in [-0.3, -0.25) is 4.79 Å². The second kappa shape index (κ2) is 6.84. The number of aromatic amines is 1. The quantitative estimate of drug-likeness (QED) is 0.877. The predicted molar refractivity (Wildman–Crippen MR) is 83.9 cm³/mol. The molecule has 2 N–H and O–H groups in total. The maximum Gasteiger partial charge on any atom is 0.337 e. The Hall–Kier alpha value is -2.67. The maximum absolute atomic E-state index is 13.7. The summed E-state index contributed by atoms with van der Waals surface area (Å²) in [6.45, 7) is 0.972. The first-order valence-electron chi connectivity index (χ1n) is 7.55. The number of aromatic nitrogens is 1. The number of halogens is 1. The standard InChI is InChI=1S/C17H16FNO5/c18-11-3-4-15(24-9-12-2-1-5-23-12)13(7-11)14-6-10(17(21)22)8-19-16(14)20/h3-4,6-8,12H,1-2,5,9H2,(H,19,20)(H,21,22). The molecule has 0 bridgehead atoms. The zero-order chi connectivity index (χ0) is 17.1. The van der Waals surface area contributed by atoms with Crippen LogP contribution in [0.5, 0.6) is 5.75 Å². The fourth-order valence-electron chi connectivity index (χ4n) is 2.60. The van der Waals surface area contributed by atoms with E-state index in [1.54, 1.807) is 0 Å². The number of hydrogen-bond acceptors (Lipinski definition) is 4. The lowest BCUT2D eigenvalue weighted by Gasteiger charge is -2.15. The number of carboxylic acid groups (broad SMARTS) is 1. The summed E-state index contributed by atoms with van der Waals surface area (Å²) in [5.41, 5.74) is -0.374. The smallest absolute Gasteiger partial charge is 0.337 e. The molecule has 6 nitrogen and oxygen atoms in total. The minimum atomic E-state index is -1.19. The van der Waals surface area contributed by atoms with Gasteiger partial charge in [-0.25, -0.2) is 9.18 Å². The van der Waals surface area contributed by atoms with E-state index in [1.807, 2.05) is 0 Å². The highest BCUT2D eigenvalue weighted by Crippen LogP contribution is 2.30. The van der Waals surface area contributed by atoms with E-state index in [4.69, 9.17) is 14.6 Å². The first-order chi connectivity index (χ1) is 11.5. The number of ether oxygens (including phenoxy) is 2. The molecular weight excluding hydrogens is 317 g/mol. The highest BCUT2D eigenvalue weighted by atomic mass is 19.1. The summed E-state index contributed by atoms with van der Waals surface area (Å²) in [5, 5.41) is 9.07. The van der Waals surface area contributed by atoms with E-state index >= 15 is 0 Å². The SMILES string of the molecule is O=C(O)c1c[nH]c(=O)c(-c2cc(F)ccc2OCC2CCCO2)c1. The van der Waals surface area contributed by atoms with Crippen LogP contribution in [0, 0.1) is 5.82 Å². The van der Waals surface area contributed by atoms with Crippen molar-refractivity contribution >= 4 is 5.97 Å². The van der Waals surface area contributed by atoms with Crippen LogP contribution in [0.25, 0.3) is 11.1 Å². The summed E-state index contributed by atoms with van der Waals surface area (Å²) in [7, 11) is 0. The van der Waals surface area contributed by atoms with E-state index in [0.29, 0.717) is 12.4 Å². The lowest BCUT2D eigenvalue weighted by Crippen LogP contribution is -2.17. The molecule has 0 amide bonds. The molecule has 7 heteroatoms. The van der Waals surface area contributed by atoms with Crippen molar-refractivity contribution < 1.29 is 23.8 Å². The first kappa shape index (κ1) is 16.2. The normalized spacial score (nSPS) is 17.0. The van der Waals surface area contributed by atoms with Crippen LogP contribution in [0.2, 0.25) is 0 Å². The second-order valence-electron chi connectivity index (χ2n) is 5.52. The Balaban J connectivity index is 1.97. The summed E-state index contributed by atoms with van der Waals surface area (Å²) < 4.78 is 24.8. The fraction of sp³-hybridized carbons (Fsp3) is 0.294. The van der Waals surface area contributed by atoms with Gasteiger partial charge in [-0.2, -0.15) is 0 Å². The van der Waals surface area contributed by atoms with Crippen molar-refractivity contribution in [3.8, 4) is 16.9 Å². The Bertz CT molecular complexity index is 811. The molecule has 1 aromatic heterocycles. The summed E-state index contributed by atoms with van der Waals surface area (Å²) in [6, 6.07) is 5.01. The number of pyridine rings is 1. The highest BCUT2D eigenvalue weighted by molar-refractivity contribution is 5.89. The van der Waals surface area contributed by atoms with Gasteiger partial charge < -0.3 is 19.6 Å². The van der Waals surface area contributed by atoms with Gasteiger partial charge in [0, 0.05) is 18.4 Å². The van der Waals surface area contributed by atoms with Gasteiger partial charge in [-0.05, 0) is 37.1 Å². The summed E-state index contributed by atoms with van der Waals surface area (Å²) in [5.74, 6) is -1.43. The van der Waals surface area contributed by atoms with Crippen LogP contribution in [0.15, 0.2) is 35.3 Å². The molecule has 1 fully saturated rings. The molecule has 2 heterocycles. The fourth-order valence-corrected chi connectivity index (χ4v) is 2.60. The number of rotatable bonds is 5. The Labute approximate surface area is 136 Å². The highest BCUT2D eigenvalue weighted by Gasteiger charge is 2.19. The molecule has 1 unspecified atom stereocenters. The van der Waals surface area contributed by atoms with Gasteiger partial charge in [0.1, 0.15) is 18.2 Å². The van der Waals surface area contributed by atoms with E-state index < -0.39 is 17.3 Å². The molecule has 0 saturated carbocycles. The molecule has 0 aliphatic carbocycles. The van der Waals surface area contributed by atoms with E-state index in [2.05, 4.69) is 4.98 Å². The molecule has 1 atom stereocenters. The number of benzene rings is 1. The third-order valence-electron chi connectivity index (χ3n) is 3.83. The van der Waals surface area contributed by atoms with E-state index in [9.17, 15) is 14.0 Å². The molecular formula is C17H16FNO5. The molecule has 0 radical (unpaired) electrons. The van der Waals surface area contributed by atoms with Crippen LogP contribution in [-0.2, 0) is 4.74 Å². The van der Waals surface area contributed by atoms with Crippen LogP contribution < -0.4 is 10.3 Å². The van der Waals surface area contributed by atoms with Crippen LogP contribution >= 0.6 is 0 Å². The van der Waals surface area contributed by atoms with Gasteiger partial charge in [0.05, 0.1) is 17.2 Å². The van der Waals surface area contributed by atoms with Crippen LogP contribution in [0.3, 0.4) is 0 Å². The average Bonchev–Trinajstić information content (AvgIpc) is 3.07. The van der Waals surface area contributed by atoms with E-state index in [-0.39, 0.29) is 29.4 Å². The van der Waals surface area contributed by atoms with Crippen molar-refractivity contribution in [3.63, 3.8) is 0 Å². The Kier molecular flexibility index (Phi) is 4.61. The number of H-pyrrole nitrogens is 1. The minimum Gasteiger partial charge on any atom is -0.490 e. The predicted octanol–water partition coefficient (Wildman–Crippen LogP) is 2.44. The van der Waals surface area contributed by atoms with Gasteiger partial charge >= 0.3 is 5.97 Å². The van der Waals surface area contributed by atoms with Gasteiger partial charge in [0.2, 0.25) is 0 Å². The van der Waals surface area contributed by atoms with Gasteiger partial charge in [-0.15, -0.1) is 0 Å². The maximum atomic E-state index is 13.7. The molecule has 3 rings (SSSR count). The molecule has 1 aliphatic heterocycles. The lowest BCUT2D eigenvalue weighted by molar-refractivity contribution is 0.0681. The van der Waals surface area contributed by atoms with Crippen molar-refractivity contribution in [1.29, 1.82) is 0 Å². The number of hydrogen-bond donors (Lipinski definition) is 2. The zero-order valence-corrected chi connectivity index (χ0v) is 12.8. The van der Waals surface area contributed by atoms with Crippen LogP contribution in [0.4, 0.5) is 4.39 Å². The Morgan fingerprint density at radius 3 is 2.92 bits per heavy atom. The number of aromatic carboxylic acids is 1. The van der Waals surface area contributed by atoms with Gasteiger partial charge in [-0.1, -0.05) is 0 Å². The van der Waals surface area contributed by atoms with Crippen molar-refractivity contribution in [2.75, 3.05) is 13.2 Å². The van der Waals surface area contributed by atoms with Crippen LogP contribution in [0.1, 0.15) is 23.2 Å². The largest absolute Gasteiger partial charge is 0.490 e. The van der Waals surface area contributed by atoms with E-state index in [0.717, 1.165) is 25.1 Å². The van der Waals surface area contributed by atoms with Crippen molar-refractivity contribution in [1.82, 2.24) is 4.98 Å². The first-order valence-corrected chi connectivity index (χ1v) is 7.55. The van der Waals surface area contributed by atoms with Crippen molar-refractivity contribution in [3.05, 3.63) is 52.2 Å². The third kappa shape index (κ3) is 3.46. The molecule has 24 heavy (non-hydrogen) atoms. The Morgan fingerprint density at radius 1 is 1.38 bits per heavy atom. The number of carboxylic acids is 1. The monoisotopic (exact) mass is 333 g/mol. The molecule has 1 aromatic carbocycles. The average molecular weight is 333 g/mol. The zero-order valence-electron chi connectivity index (χ0n) is 12.8. The topological polar surface area (TPSA) is 88.6 Å². The van der Waals surface area contributed by atoms with Crippen LogP contribution in [-0.4, -0.2) is 35.4 Å². The summed E-state index contributed by atoms with van der Waals surface area (Å²) in [4.78, 5) is 25.5. The molecule has 2 aromatic rings. The molecule has 1 saturated heterocycles. The van der Waals surface area contributed by atoms with Gasteiger partial charge in [0.15, 0.2) is 0 Å². The number of carbonyl (C=O) groups is 1. The second-order valence-corrected chi connectivity index (χ2v) is 5.52. The summed E-state index contributed by atoms with van der Waals surface area (Å²) in [6.07, 6.45) is 2.91. The lowest BCUT2D eigenvalue weighted by atomic mass is 10.0. The third-order valence-corrected chi connectivity index (χ3v) is 3.83. The van der Waals surface area contributed by atoms with Crippen molar-refractivity contribution in [2.24, 2.45) is 0 Å². The minimum absolute atomic E-state index is 0.0356. The van der Waals surface area contributed by atoms with E-state index in [1.165, 1.54) is 18.2 Å². The Morgan fingerprint density at radius 2 is 2.21 bits per heavy atom.